The zero-order valence-electron chi connectivity index (χ0n) is 35.6. The van der Waals surface area contributed by atoms with Crippen LogP contribution in [0.5, 0.6) is 0 Å². The van der Waals surface area contributed by atoms with Gasteiger partial charge < -0.3 is 0 Å². The van der Waals surface area contributed by atoms with Crippen LogP contribution in [-0.4, -0.2) is 3.21 Å². The average molecular weight is 762 g/mol. The van der Waals surface area contributed by atoms with E-state index in [1.165, 1.54) is 99.8 Å². The van der Waals surface area contributed by atoms with Crippen molar-refractivity contribution in [2.45, 2.75) is 167 Å². The average Bonchev–Trinajstić information content (AvgIpc) is 3.74. The van der Waals surface area contributed by atoms with E-state index >= 15 is 0 Å². The summed E-state index contributed by atoms with van der Waals surface area (Å²) in [5.74, 6) is 0.522. The van der Waals surface area contributed by atoms with Crippen molar-refractivity contribution in [3.8, 4) is 11.1 Å². The van der Waals surface area contributed by atoms with Crippen LogP contribution in [0, 0.1) is 34.3 Å². The molecular formula is C50H70Zr. The van der Waals surface area contributed by atoms with Crippen molar-refractivity contribution in [2.24, 2.45) is 22.2 Å². The summed E-state index contributed by atoms with van der Waals surface area (Å²) in [5, 5.41) is 0. The standard InChI is InChI=1S/C31H37.C10H15.C9H18.Zr/c1-28(2,3)26-16-30(7,8)24-12-18-11-19-13-25-23(15-21(19)20(18)14-22(24)26)27(29(4,5)6)17-31(25,9)10;1-8-5-6-9(7-8)10(2,3)4;1-3-5-7-9-8-6-4-2;/h12-16H,11H2,1-10H3;6-8H,1-4H3;3-8H2,1-2H3;/q2*-1;;+2. The van der Waals surface area contributed by atoms with E-state index in [4.69, 9.17) is 0 Å². The second-order valence-electron chi connectivity index (χ2n) is 20.0. The Kier molecular flexibility index (Phi) is 12.7. The molecule has 0 fully saturated rings. The first-order chi connectivity index (χ1) is 23.4. The van der Waals surface area contributed by atoms with E-state index in [9.17, 15) is 0 Å². The predicted octanol–water partition coefficient (Wildman–Crippen LogP) is 14.6. The Morgan fingerprint density at radius 2 is 1.25 bits per heavy atom. The van der Waals surface area contributed by atoms with Gasteiger partial charge in [-0.1, -0.05) is 132 Å². The Hall–Kier alpha value is -1.85. The summed E-state index contributed by atoms with van der Waals surface area (Å²) in [7, 11) is 0. The fourth-order valence-corrected chi connectivity index (χ4v) is 8.77. The molecule has 1 heteroatoms. The molecule has 0 saturated heterocycles. The third-order valence-corrected chi connectivity index (χ3v) is 12.3. The van der Waals surface area contributed by atoms with E-state index in [1.807, 2.05) is 0 Å². The summed E-state index contributed by atoms with van der Waals surface area (Å²) in [5.41, 5.74) is 16.6. The number of rotatable bonds is 6. The molecule has 4 aliphatic rings. The monoisotopic (exact) mass is 760 g/mol. The molecule has 0 nitrogen and oxygen atoms in total. The number of hydrogen-bond donors (Lipinski definition) is 0. The minimum absolute atomic E-state index is 0.0202. The zero-order chi connectivity index (χ0) is 38.3. The van der Waals surface area contributed by atoms with E-state index in [1.54, 1.807) is 27.4 Å². The van der Waals surface area contributed by atoms with Crippen LogP contribution in [0.15, 0.2) is 48.1 Å². The van der Waals surface area contributed by atoms with Crippen molar-refractivity contribution in [3.63, 3.8) is 0 Å². The Balaban J connectivity index is 0.000000239. The van der Waals surface area contributed by atoms with Gasteiger partial charge in [0, 0.05) is 5.41 Å². The maximum absolute atomic E-state index is 3.85. The molecule has 4 aliphatic carbocycles. The molecule has 0 amide bonds. The molecule has 2 aromatic carbocycles. The minimum atomic E-state index is -0.0202. The van der Waals surface area contributed by atoms with Gasteiger partial charge in [0.25, 0.3) is 0 Å². The molecule has 2 aromatic rings. The quantitative estimate of drug-likeness (QED) is 0.220. The maximum atomic E-state index is 3.85. The number of fused-ring (bicyclic) bond motifs is 5. The van der Waals surface area contributed by atoms with Gasteiger partial charge in [-0.05, 0) is 62.3 Å². The van der Waals surface area contributed by atoms with Gasteiger partial charge >= 0.3 is 79.8 Å². The van der Waals surface area contributed by atoms with Crippen molar-refractivity contribution in [1.82, 2.24) is 0 Å². The normalized spacial score (nSPS) is 19.1. The van der Waals surface area contributed by atoms with E-state index < -0.39 is 0 Å². The van der Waals surface area contributed by atoms with Crippen molar-refractivity contribution < 1.29 is 24.2 Å². The molecule has 0 N–H and O–H groups in total. The summed E-state index contributed by atoms with van der Waals surface area (Å²) in [6.45, 7) is 36.7. The molecule has 1 atom stereocenters. The third kappa shape index (κ3) is 9.64. The van der Waals surface area contributed by atoms with Gasteiger partial charge in [-0.3, -0.25) is 12.2 Å². The van der Waals surface area contributed by atoms with Gasteiger partial charge in [0.15, 0.2) is 0 Å². The Labute approximate surface area is 330 Å². The molecule has 0 spiro atoms. The first-order valence-corrected chi connectivity index (χ1v) is 21.3. The molecule has 0 saturated carbocycles. The van der Waals surface area contributed by atoms with Crippen LogP contribution in [-0.2, 0) is 41.5 Å². The second kappa shape index (κ2) is 15.5. The van der Waals surface area contributed by atoms with E-state index in [-0.39, 0.29) is 21.7 Å². The second-order valence-corrected chi connectivity index (χ2v) is 21.7. The zero-order valence-corrected chi connectivity index (χ0v) is 38.0. The molecule has 0 aromatic heterocycles. The number of hydrogen-bond acceptors (Lipinski definition) is 0. The fourth-order valence-electron chi connectivity index (χ4n) is 7.90. The van der Waals surface area contributed by atoms with E-state index in [0.717, 1.165) is 6.42 Å². The van der Waals surface area contributed by atoms with Gasteiger partial charge in [-0.15, -0.1) is 11.6 Å². The summed E-state index contributed by atoms with van der Waals surface area (Å²) in [6, 6.07) is 10.0. The molecule has 0 radical (unpaired) electrons. The fraction of sp³-hybridized carbons (Fsp3) is 0.580. The molecule has 51 heavy (non-hydrogen) atoms. The summed E-state index contributed by atoms with van der Waals surface area (Å²) >= 11 is 1.67. The first kappa shape index (κ1) is 41.9. The van der Waals surface area contributed by atoms with Crippen LogP contribution < -0.4 is 0 Å². The van der Waals surface area contributed by atoms with Gasteiger partial charge in [0.05, 0.1) is 0 Å². The number of allylic oxidation sites excluding steroid dienone is 8. The van der Waals surface area contributed by atoms with Gasteiger partial charge in [0.1, 0.15) is 0 Å². The molecule has 274 valence electrons. The molecule has 6 rings (SSSR count). The topological polar surface area (TPSA) is 0 Å². The third-order valence-electron chi connectivity index (χ3n) is 11.0. The van der Waals surface area contributed by atoms with Crippen LogP contribution in [0.1, 0.15) is 183 Å². The van der Waals surface area contributed by atoms with Crippen molar-refractivity contribution in [3.05, 3.63) is 93.6 Å². The van der Waals surface area contributed by atoms with Crippen molar-refractivity contribution in [1.29, 1.82) is 0 Å². The van der Waals surface area contributed by atoms with Crippen LogP contribution in [0.2, 0.25) is 0 Å². The van der Waals surface area contributed by atoms with E-state index in [2.05, 4.69) is 165 Å². The molecule has 0 aliphatic heterocycles. The number of unbranched alkanes of at least 4 members (excludes halogenated alkanes) is 2. The van der Waals surface area contributed by atoms with E-state index in [0.29, 0.717) is 11.3 Å². The summed E-state index contributed by atoms with van der Waals surface area (Å²) < 4.78 is 1.79. The predicted molar refractivity (Wildman–Crippen MR) is 223 cm³/mol. The van der Waals surface area contributed by atoms with Gasteiger partial charge in [-0.2, -0.15) is 17.2 Å². The summed E-state index contributed by atoms with van der Waals surface area (Å²) in [6.07, 6.45) is 23.4. The molecule has 1 unspecified atom stereocenters. The summed E-state index contributed by atoms with van der Waals surface area (Å²) in [4.78, 5) is 0. The van der Waals surface area contributed by atoms with Crippen LogP contribution in [0.25, 0.3) is 22.3 Å². The Morgan fingerprint density at radius 1 is 0.725 bits per heavy atom. The first-order valence-electron chi connectivity index (χ1n) is 20.0. The van der Waals surface area contributed by atoms with Crippen molar-refractivity contribution in [2.75, 3.05) is 0 Å². The van der Waals surface area contributed by atoms with Gasteiger partial charge in [0.2, 0.25) is 0 Å². The molecule has 0 heterocycles. The Bertz CT molecular complexity index is 1630. The Morgan fingerprint density at radius 3 is 1.69 bits per heavy atom. The van der Waals surface area contributed by atoms with Crippen LogP contribution in [0.3, 0.4) is 0 Å². The van der Waals surface area contributed by atoms with Crippen LogP contribution in [0.4, 0.5) is 0 Å². The SMILES string of the molecule is CC(C)(C)C1=[C-]C(C)(C)c2cc3c(cc21)-c1cc2c(cc1C3)C(C)(C)C=C2C(C)(C)C.CC1[C-]=CC(C(C)(C)C)=C1.CCCC[C](=[Zr+2])CCCC. The number of benzene rings is 2. The molecule has 0 bridgehead atoms. The molecular weight excluding hydrogens is 692 g/mol. The van der Waals surface area contributed by atoms with Crippen LogP contribution >= 0.6 is 0 Å². The van der Waals surface area contributed by atoms with Gasteiger partial charge in [-0.25, -0.2) is 11.6 Å². The van der Waals surface area contributed by atoms with Crippen molar-refractivity contribution >= 4 is 14.4 Å².